The van der Waals surface area contributed by atoms with Crippen LogP contribution in [0.4, 0.5) is 0 Å². The number of hydrogen-bond donors (Lipinski definition) is 0. The van der Waals surface area contributed by atoms with Crippen LogP contribution in [0.15, 0.2) is 121 Å². The predicted octanol–water partition coefficient (Wildman–Crippen LogP) is 4.40. The van der Waals surface area contributed by atoms with Gasteiger partial charge in [-0.2, -0.15) is 0 Å². The third-order valence-electron chi connectivity index (χ3n) is 6.28. The molecular weight excluding hydrogens is 1510 g/mol. The van der Waals surface area contributed by atoms with Crippen molar-refractivity contribution in [3.63, 3.8) is 0 Å². The van der Waals surface area contributed by atoms with Crippen molar-refractivity contribution in [3.8, 4) is 0 Å². The maximum Gasteiger partial charge on any atom is 0 e. The summed E-state index contributed by atoms with van der Waals surface area (Å²) < 4.78 is 133. The van der Waals surface area contributed by atoms with Gasteiger partial charge in [0.1, 0.15) is 0 Å². The molecule has 0 aromatic heterocycles. The molecular formula is C47H32Co4O18P2Ru2Se2. The molecule has 0 aliphatic carbocycles. The van der Waals surface area contributed by atoms with Crippen LogP contribution in [0.25, 0.3) is 0 Å². The van der Waals surface area contributed by atoms with Gasteiger partial charge in [-0.25, -0.2) is 0 Å². The summed E-state index contributed by atoms with van der Waals surface area (Å²) in [7, 11) is -1.12. The Hall–Kier alpha value is -2.19. The summed E-state index contributed by atoms with van der Waals surface area (Å²) in [5.74, 6) is -0.585. The van der Waals surface area contributed by atoms with Gasteiger partial charge in [0, 0.05) is 153 Å². The average Bonchev–Trinajstić information content (AvgIpc) is 3.78. The number of benzene rings is 4. The van der Waals surface area contributed by atoms with E-state index < -0.39 is 21.6 Å². The third-order valence-corrected chi connectivity index (χ3v) is 11.4. The first-order chi connectivity index (χ1) is 33.1. The fourth-order valence-corrected chi connectivity index (χ4v) is 9.64. The van der Waals surface area contributed by atoms with Crippen molar-refractivity contribution >= 4 is 71.2 Å². The van der Waals surface area contributed by atoms with Gasteiger partial charge in [-0.1, -0.05) is 121 Å². The Morgan fingerprint density at radius 1 is 0.307 bits per heavy atom. The Balaban J connectivity index is -0.0000000365. The molecule has 0 unspecified atom stereocenters. The SMILES string of the molecule is CC1(C)O[C@@H](CP(c2ccccc2)c2ccccc2)[C@H](CP(c2ccccc2)c2ccccc2)O1.[C-]#[O+].[C-]#[O+].[C-]#[O+].[C-]#[O+].[C-]#[O+].[C-]#[O+].[C-]#[O+].[C-]#[O+].[C-]#[O+].[C-]#[O+].[C-]#[O+].[C-]#[O+].[C-]#[O+].[C-]#[O+].[C-]#[O+].[C-]#[O+].[Co].[Co].[Co].[Co].[Ru].[Ru].[Se].[Se]. The largest absolute Gasteiger partial charge is 0 e. The molecule has 1 aliphatic rings. The van der Waals surface area contributed by atoms with E-state index >= 15 is 0 Å². The molecule has 0 saturated carbocycles. The van der Waals surface area contributed by atoms with Crippen LogP contribution < -0.4 is 21.2 Å². The summed E-state index contributed by atoms with van der Waals surface area (Å²) in [6.45, 7) is 76.1. The van der Waals surface area contributed by atoms with Crippen molar-refractivity contribution in [1.29, 1.82) is 0 Å². The van der Waals surface area contributed by atoms with Gasteiger partial charge in [0.25, 0.3) is 0 Å². The summed E-state index contributed by atoms with van der Waals surface area (Å²) in [4.78, 5) is 0. The maximum absolute atomic E-state index is 7.50. The van der Waals surface area contributed by atoms with E-state index in [0.29, 0.717) is 0 Å². The first-order valence-electron chi connectivity index (χ1n) is 15.5. The normalized spacial score (nSPS) is 9.44. The van der Waals surface area contributed by atoms with Crippen LogP contribution in [-0.2, 0) is 190 Å². The van der Waals surface area contributed by atoms with Crippen LogP contribution >= 0.6 is 15.8 Å². The standard InChI is InChI=1S/C31H32O2P2.16CO.4Co.2Ru.2Se/c1-31(2)32-29(23-34(25-15-7-3-8-16-25)26-17-9-4-10-18-26)30(33-31)24-35(27-19-11-5-12-20-27)28-21-13-6-14-22-28;16*1-2;;;;;;;;/h3-22,29-30H,23-24H2,1-2H3;;;;;;;;;;;;;;;;;;;;;;;;/t29-,30-;;;;;;;;;;;;;;;;;;;;;;;;/m0......................../s1. The topological polar surface area (TPSA) is 337 Å². The molecule has 0 spiro atoms. The quantitative estimate of drug-likeness (QED) is 0.107. The zero-order valence-electron chi connectivity index (χ0n) is 37.7. The second-order valence-electron chi connectivity index (χ2n) is 9.28. The Morgan fingerprint density at radius 2 is 0.427 bits per heavy atom. The second kappa shape index (κ2) is 134. The molecule has 1 aliphatic heterocycles. The molecule has 1 heterocycles. The van der Waals surface area contributed by atoms with Gasteiger partial charge in [-0.3, -0.25) is 0 Å². The minimum Gasteiger partial charge on any atom is 0 e. The van der Waals surface area contributed by atoms with E-state index in [1.807, 2.05) is 0 Å². The second-order valence-corrected chi connectivity index (χ2v) is 13.8. The van der Waals surface area contributed by atoms with Crippen molar-refractivity contribution in [2.45, 2.75) is 31.8 Å². The number of rotatable bonds is 8. The molecule has 18 nitrogen and oxygen atoms in total. The van der Waals surface area contributed by atoms with E-state index in [-0.39, 0.29) is 152 Å². The molecule has 1 saturated heterocycles. The zero-order chi connectivity index (χ0) is 56.1. The summed E-state index contributed by atoms with van der Waals surface area (Å²) in [5, 5.41) is 5.53. The number of ether oxygens (including phenoxy) is 2. The van der Waals surface area contributed by atoms with Gasteiger partial charge >= 0.3 is 181 Å². The van der Waals surface area contributed by atoms with Crippen LogP contribution in [0.3, 0.4) is 0 Å². The summed E-state index contributed by atoms with van der Waals surface area (Å²) in [6.07, 6.45) is 1.97. The van der Waals surface area contributed by atoms with E-state index in [2.05, 4.69) is 242 Å². The fraction of sp³-hybridized carbons (Fsp3) is 0.149. The van der Waals surface area contributed by atoms with Crippen LogP contribution in [-0.4, -0.2) is 64.5 Å². The van der Waals surface area contributed by atoms with Crippen LogP contribution in [0, 0.1) is 106 Å². The number of hydrogen-bond acceptors (Lipinski definition) is 2. The van der Waals surface area contributed by atoms with Crippen molar-refractivity contribution in [2.75, 3.05) is 12.3 Å². The molecule has 5 rings (SSSR count). The van der Waals surface area contributed by atoms with Crippen LogP contribution in [0.2, 0.25) is 0 Å². The first-order valence-corrected chi connectivity index (χ1v) is 18.5. The van der Waals surface area contributed by atoms with Gasteiger partial charge in [0.2, 0.25) is 0 Å². The Morgan fingerprint density at radius 3 is 0.547 bits per heavy atom. The van der Waals surface area contributed by atoms with Crippen molar-refractivity contribution in [2.24, 2.45) is 0 Å². The molecule has 8 radical (unpaired) electrons. The molecule has 28 heteroatoms. The molecule has 1 fully saturated rings. The molecule has 75 heavy (non-hydrogen) atoms. The van der Waals surface area contributed by atoms with E-state index in [1.165, 1.54) is 21.2 Å². The van der Waals surface area contributed by atoms with E-state index in [1.54, 1.807) is 0 Å². The summed E-state index contributed by atoms with van der Waals surface area (Å²) in [5.41, 5.74) is 0. The minimum absolute atomic E-state index is 0. The van der Waals surface area contributed by atoms with Gasteiger partial charge in [-0.05, 0) is 50.9 Å². The first kappa shape index (κ1) is 135. The van der Waals surface area contributed by atoms with Gasteiger partial charge in [-0.15, -0.1) is 0 Å². The average molecular weight is 1540 g/mol. The molecule has 0 N–H and O–H groups in total. The smallest absolute Gasteiger partial charge is 0 e. The fourth-order valence-electron chi connectivity index (χ4n) is 4.73. The monoisotopic (exact) mass is 1550 g/mol. The van der Waals surface area contributed by atoms with Gasteiger partial charge < -0.3 is 9.47 Å². The van der Waals surface area contributed by atoms with E-state index in [9.17, 15) is 0 Å². The molecule has 4 aromatic rings. The Labute approximate surface area is 528 Å². The van der Waals surface area contributed by atoms with Crippen molar-refractivity contribution in [3.05, 3.63) is 228 Å². The zero-order valence-corrected chi connectivity index (χ0v) is 50.6. The molecule has 0 bridgehead atoms. The maximum atomic E-state index is 7.50. The van der Waals surface area contributed by atoms with Crippen molar-refractivity contribution in [1.82, 2.24) is 0 Å². The Kier molecular flexibility index (Phi) is 241. The summed E-state index contributed by atoms with van der Waals surface area (Å²) >= 11 is 0. The summed E-state index contributed by atoms with van der Waals surface area (Å²) in [6, 6.07) is 43.6. The van der Waals surface area contributed by atoms with Crippen LogP contribution in [0.1, 0.15) is 13.8 Å². The van der Waals surface area contributed by atoms with E-state index in [4.69, 9.17) is 83.9 Å². The molecule has 2 atom stereocenters. The van der Waals surface area contributed by atoms with Crippen molar-refractivity contribution < 1.29 is 190 Å². The molecule has 0 amide bonds. The van der Waals surface area contributed by atoms with E-state index in [0.717, 1.165) is 12.3 Å². The minimum atomic E-state index is -0.585. The third kappa shape index (κ3) is 76.1. The molecule has 402 valence electrons. The Bertz CT molecular complexity index is 1640. The van der Waals surface area contributed by atoms with Gasteiger partial charge in [0.15, 0.2) is 5.79 Å². The van der Waals surface area contributed by atoms with Gasteiger partial charge in [0.05, 0.1) is 12.2 Å². The molecule has 4 aromatic carbocycles. The predicted molar refractivity (Wildman–Crippen MR) is 226 cm³/mol. The van der Waals surface area contributed by atoms with Crippen LogP contribution in [0.5, 0.6) is 0 Å².